The van der Waals surface area contributed by atoms with Crippen LogP contribution in [0.1, 0.15) is 37.3 Å². The summed E-state index contributed by atoms with van der Waals surface area (Å²) in [6, 6.07) is 5.29. The first kappa shape index (κ1) is 19.4. The van der Waals surface area contributed by atoms with Gasteiger partial charge in [-0.2, -0.15) is 0 Å². The molecule has 2 aliphatic rings. The van der Waals surface area contributed by atoms with Gasteiger partial charge >= 0.3 is 6.03 Å². The fourth-order valence-electron chi connectivity index (χ4n) is 3.44. The largest absolute Gasteiger partial charge is 0.371 e. The molecule has 1 aromatic carbocycles. The van der Waals surface area contributed by atoms with Gasteiger partial charge in [0.05, 0.1) is 0 Å². The van der Waals surface area contributed by atoms with E-state index in [0.29, 0.717) is 18.8 Å². The first-order chi connectivity index (χ1) is 13.0. The molecular weight excluding hydrogens is 366 g/mol. The zero-order chi connectivity index (χ0) is 19.4. The third kappa shape index (κ3) is 4.16. The molecule has 3 rings (SSSR count). The highest BCUT2D eigenvalue weighted by atomic mass is 35.5. The third-order valence-corrected chi connectivity index (χ3v) is 5.16. The Morgan fingerprint density at radius 1 is 1.19 bits per heavy atom. The lowest BCUT2D eigenvalue weighted by molar-refractivity contribution is -0.130. The standard InChI is InChI=1S/C20H24ClN3O3/c1-2-3-10-24-19(26)16(18(25)22-20(24)27)13-14-5-6-17-15(12-14)7-11-23(17)9-4-8-21/h5-6,12-13H,2-4,7-11H2,1H3,(H,22,25,27). The number of anilines is 1. The van der Waals surface area contributed by atoms with Gasteiger partial charge in [-0.05, 0) is 48.6 Å². The number of barbiturate groups is 1. The summed E-state index contributed by atoms with van der Waals surface area (Å²) in [7, 11) is 0. The molecule has 0 aliphatic carbocycles. The summed E-state index contributed by atoms with van der Waals surface area (Å²) in [5.41, 5.74) is 3.17. The molecule has 0 radical (unpaired) electrons. The van der Waals surface area contributed by atoms with Gasteiger partial charge in [-0.1, -0.05) is 19.4 Å². The van der Waals surface area contributed by atoms with Gasteiger partial charge < -0.3 is 4.90 Å². The van der Waals surface area contributed by atoms with Gasteiger partial charge in [-0.15, -0.1) is 11.6 Å². The lowest BCUT2D eigenvalue weighted by Crippen LogP contribution is -2.54. The Kier molecular flexibility index (Phi) is 6.16. The van der Waals surface area contributed by atoms with Crippen LogP contribution in [0.5, 0.6) is 0 Å². The molecule has 0 atom stereocenters. The number of halogens is 1. The number of urea groups is 1. The highest BCUT2D eigenvalue weighted by molar-refractivity contribution is 6.31. The monoisotopic (exact) mass is 389 g/mol. The van der Waals surface area contributed by atoms with Crippen molar-refractivity contribution >= 4 is 41.2 Å². The summed E-state index contributed by atoms with van der Waals surface area (Å²) in [6.07, 6.45) is 5.00. The van der Waals surface area contributed by atoms with E-state index in [1.54, 1.807) is 6.08 Å². The van der Waals surface area contributed by atoms with Crippen molar-refractivity contribution in [1.82, 2.24) is 10.2 Å². The molecule has 7 heteroatoms. The number of carbonyl (C=O) groups is 3. The summed E-state index contributed by atoms with van der Waals surface area (Å²) in [4.78, 5) is 40.1. The van der Waals surface area contributed by atoms with Crippen molar-refractivity contribution in [3.05, 3.63) is 34.9 Å². The highest BCUT2D eigenvalue weighted by Gasteiger charge is 2.35. The molecule has 0 spiro atoms. The summed E-state index contributed by atoms with van der Waals surface area (Å²) >= 11 is 5.79. The van der Waals surface area contributed by atoms with Crippen LogP contribution in [0.2, 0.25) is 0 Å². The fraction of sp³-hybridized carbons (Fsp3) is 0.450. The minimum atomic E-state index is -0.639. The average molecular weight is 390 g/mol. The van der Waals surface area contributed by atoms with Crippen molar-refractivity contribution in [2.45, 2.75) is 32.6 Å². The fourth-order valence-corrected chi connectivity index (χ4v) is 3.56. The summed E-state index contributed by atoms with van der Waals surface area (Å²) < 4.78 is 0. The van der Waals surface area contributed by atoms with E-state index in [-0.39, 0.29) is 5.57 Å². The van der Waals surface area contributed by atoms with Crippen LogP contribution in [0.4, 0.5) is 10.5 Å². The van der Waals surface area contributed by atoms with Gasteiger partial charge in [-0.3, -0.25) is 19.8 Å². The number of imide groups is 2. The van der Waals surface area contributed by atoms with Gasteiger partial charge in [0.15, 0.2) is 0 Å². The molecule has 0 saturated carbocycles. The third-order valence-electron chi connectivity index (χ3n) is 4.89. The van der Waals surface area contributed by atoms with E-state index in [0.717, 1.165) is 42.8 Å². The zero-order valence-electron chi connectivity index (χ0n) is 15.5. The number of amides is 4. The van der Waals surface area contributed by atoms with Crippen LogP contribution in [0.25, 0.3) is 6.08 Å². The predicted octanol–water partition coefficient (Wildman–Crippen LogP) is 2.94. The summed E-state index contributed by atoms with van der Waals surface area (Å²) in [5.74, 6) is -0.524. The van der Waals surface area contributed by atoms with Gasteiger partial charge in [0.1, 0.15) is 5.57 Å². The van der Waals surface area contributed by atoms with Crippen LogP contribution in [-0.4, -0.2) is 48.3 Å². The van der Waals surface area contributed by atoms with E-state index < -0.39 is 17.8 Å². The van der Waals surface area contributed by atoms with Crippen LogP contribution >= 0.6 is 11.6 Å². The number of unbranched alkanes of at least 4 members (excludes halogenated alkanes) is 1. The molecule has 1 fully saturated rings. The second-order valence-corrected chi connectivity index (χ2v) is 7.17. The molecule has 0 unspecified atom stereocenters. The number of benzene rings is 1. The van der Waals surface area contributed by atoms with Gasteiger partial charge in [0.25, 0.3) is 11.8 Å². The van der Waals surface area contributed by atoms with Crippen molar-refractivity contribution < 1.29 is 14.4 Å². The summed E-state index contributed by atoms with van der Waals surface area (Å²) in [5, 5.41) is 2.26. The van der Waals surface area contributed by atoms with Crippen LogP contribution in [0.15, 0.2) is 23.8 Å². The molecule has 2 heterocycles. The van der Waals surface area contributed by atoms with Crippen molar-refractivity contribution in [2.75, 3.05) is 30.4 Å². The lowest BCUT2D eigenvalue weighted by atomic mass is 10.0. The Balaban J connectivity index is 1.82. The summed E-state index contributed by atoms with van der Waals surface area (Å²) in [6.45, 7) is 4.16. The lowest BCUT2D eigenvalue weighted by Gasteiger charge is -2.26. The Labute approximate surface area is 164 Å². The van der Waals surface area contributed by atoms with E-state index in [4.69, 9.17) is 11.6 Å². The van der Waals surface area contributed by atoms with Crippen molar-refractivity contribution in [1.29, 1.82) is 0 Å². The van der Waals surface area contributed by atoms with Gasteiger partial charge in [0, 0.05) is 31.2 Å². The minimum absolute atomic E-state index is 0.00245. The normalized spacial score (nSPS) is 18.3. The molecule has 4 amide bonds. The highest BCUT2D eigenvalue weighted by Crippen LogP contribution is 2.30. The first-order valence-corrected chi connectivity index (χ1v) is 9.91. The smallest absolute Gasteiger partial charge is 0.331 e. The van der Waals surface area contributed by atoms with Gasteiger partial charge in [-0.25, -0.2) is 4.79 Å². The quantitative estimate of drug-likeness (QED) is 0.442. The molecule has 6 nitrogen and oxygen atoms in total. The topological polar surface area (TPSA) is 69.7 Å². The minimum Gasteiger partial charge on any atom is -0.371 e. The molecule has 0 bridgehead atoms. The maximum atomic E-state index is 12.6. The number of carbonyl (C=O) groups excluding carboxylic acids is 3. The average Bonchev–Trinajstić information content (AvgIpc) is 3.05. The number of nitrogens with zero attached hydrogens (tertiary/aromatic N) is 2. The molecule has 2 aliphatic heterocycles. The van der Waals surface area contributed by atoms with Gasteiger partial charge in [0.2, 0.25) is 0 Å². The SMILES string of the molecule is CCCCN1C(=O)NC(=O)C(=Cc2ccc3c(c2)CCN3CCCCl)C1=O. The van der Waals surface area contributed by atoms with E-state index in [9.17, 15) is 14.4 Å². The van der Waals surface area contributed by atoms with Crippen LogP contribution < -0.4 is 10.2 Å². The Bertz CT molecular complexity index is 791. The second-order valence-electron chi connectivity index (χ2n) is 6.80. The first-order valence-electron chi connectivity index (χ1n) is 9.38. The molecule has 1 saturated heterocycles. The molecule has 0 aromatic heterocycles. The number of hydrogen-bond acceptors (Lipinski definition) is 4. The van der Waals surface area contributed by atoms with E-state index in [1.165, 1.54) is 11.3 Å². The van der Waals surface area contributed by atoms with E-state index >= 15 is 0 Å². The molecule has 1 aromatic rings. The Morgan fingerprint density at radius 3 is 2.74 bits per heavy atom. The second kappa shape index (κ2) is 8.57. The molecule has 1 N–H and O–H groups in total. The molecule has 27 heavy (non-hydrogen) atoms. The maximum absolute atomic E-state index is 12.6. The van der Waals surface area contributed by atoms with Crippen LogP contribution in [-0.2, 0) is 16.0 Å². The number of hydrogen-bond donors (Lipinski definition) is 1. The van der Waals surface area contributed by atoms with E-state index in [2.05, 4.69) is 10.2 Å². The van der Waals surface area contributed by atoms with E-state index in [1.807, 2.05) is 25.1 Å². The Morgan fingerprint density at radius 2 is 2.00 bits per heavy atom. The molecule has 144 valence electrons. The van der Waals surface area contributed by atoms with Crippen LogP contribution in [0, 0.1) is 0 Å². The predicted molar refractivity (Wildman–Crippen MR) is 106 cm³/mol. The Hall–Kier alpha value is -2.34. The number of fused-ring (bicyclic) bond motifs is 1. The number of rotatable bonds is 7. The van der Waals surface area contributed by atoms with Crippen molar-refractivity contribution in [3.63, 3.8) is 0 Å². The zero-order valence-corrected chi connectivity index (χ0v) is 16.2. The van der Waals surface area contributed by atoms with Crippen molar-refractivity contribution in [3.8, 4) is 0 Å². The maximum Gasteiger partial charge on any atom is 0.331 e. The van der Waals surface area contributed by atoms with Crippen LogP contribution in [0.3, 0.4) is 0 Å². The molecular formula is C20H24ClN3O3. The number of nitrogens with one attached hydrogen (secondary N) is 1. The van der Waals surface area contributed by atoms with Crippen molar-refractivity contribution in [2.24, 2.45) is 0 Å². The number of alkyl halides is 1.